The summed E-state index contributed by atoms with van der Waals surface area (Å²) in [6.45, 7) is 8.20. The van der Waals surface area contributed by atoms with Gasteiger partial charge in [-0.1, -0.05) is 0 Å². The van der Waals surface area contributed by atoms with Crippen molar-refractivity contribution in [1.29, 1.82) is 0 Å². The van der Waals surface area contributed by atoms with Gasteiger partial charge in [0.15, 0.2) is 11.0 Å². The molecule has 3 aromatic rings. The molecule has 3 N–H and O–H groups in total. The van der Waals surface area contributed by atoms with Crippen molar-refractivity contribution < 1.29 is 4.79 Å². The Balaban J connectivity index is 1.95. The number of hydrogen-bond acceptors (Lipinski definition) is 7. The number of H-pyrrole nitrogens is 1. The zero-order chi connectivity index (χ0) is 21.0. The van der Waals surface area contributed by atoms with E-state index in [0.29, 0.717) is 17.4 Å². The molecule has 0 spiro atoms. The van der Waals surface area contributed by atoms with E-state index in [-0.39, 0.29) is 6.04 Å². The topological polar surface area (TPSA) is 98.8 Å². The minimum Gasteiger partial charge on any atom is -0.357 e. The Bertz CT molecular complexity index is 985. The second-order valence-electron chi connectivity index (χ2n) is 6.96. The first-order chi connectivity index (χ1) is 13.9. The predicted octanol–water partition coefficient (Wildman–Crippen LogP) is 4.12. The molecule has 0 radical (unpaired) electrons. The van der Waals surface area contributed by atoms with Gasteiger partial charge in [0.05, 0.1) is 0 Å². The van der Waals surface area contributed by atoms with Gasteiger partial charge < -0.3 is 15.5 Å². The second-order valence-corrected chi connectivity index (χ2v) is 8.00. The summed E-state index contributed by atoms with van der Waals surface area (Å²) in [5, 5.41) is 13.7. The van der Waals surface area contributed by atoms with E-state index in [1.54, 1.807) is 0 Å². The smallest absolute Gasteiger partial charge is 0.211 e. The fourth-order valence-electron chi connectivity index (χ4n) is 2.64. The maximum atomic E-state index is 10.6. The lowest BCUT2D eigenvalue weighted by Crippen LogP contribution is -2.28. The molecule has 9 heteroatoms. The third-order valence-corrected chi connectivity index (χ3v) is 5.32. The fraction of sp³-hybridized carbons (Fsp3) is 0.300. The van der Waals surface area contributed by atoms with E-state index in [1.165, 1.54) is 11.8 Å². The molecule has 152 valence electrons. The number of amides is 1. The molecule has 1 amide bonds. The molecule has 29 heavy (non-hydrogen) atoms. The number of aromatic amines is 1. The zero-order valence-electron chi connectivity index (χ0n) is 17.1. The predicted molar refractivity (Wildman–Crippen MR) is 117 cm³/mol. The minimum atomic E-state index is 0.288. The van der Waals surface area contributed by atoms with Crippen molar-refractivity contribution in [2.45, 2.75) is 43.8 Å². The van der Waals surface area contributed by atoms with Crippen molar-refractivity contribution in [3.05, 3.63) is 41.6 Å². The highest BCUT2D eigenvalue weighted by molar-refractivity contribution is 7.99. The molecule has 2 aromatic heterocycles. The molecule has 0 aliphatic carbocycles. The van der Waals surface area contributed by atoms with Crippen LogP contribution in [0.1, 0.15) is 25.1 Å². The maximum absolute atomic E-state index is 10.6. The van der Waals surface area contributed by atoms with Crippen molar-refractivity contribution >= 4 is 41.3 Å². The molecule has 0 fully saturated rings. The summed E-state index contributed by atoms with van der Waals surface area (Å²) < 4.78 is 0. The van der Waals surface area contributed by atoms with E-state index in [9.17, 15) is 4.79 Å². The van der Waals surface area contributed by atoms with Crippen LogP contribution in [0, 0.1) is 13.8 Å². The number of carbonyl (C=O) groups excluding carboxylic acids is 1. The molecule has 0 saturated carbocycles. The summed E-state index contributed by atoms with van der Waals surface area (Å²) in [6.07, 6.45) is 0.661. The number of nitrogens with zero attached hydrogens (tertiary/aromatic N) is 4. The van der Waals surface area contributed by atoms with Gasteiger partial charge in [0.25, 0.3) is 0 Å². The third-order valence-electron chi connectivity index (χ3n) is 4.45. The molecule has 0 saturated heterocycles. The van der Waals surface area contributed by atoms with Crippen molar-refractivity contribution in [1.82, 2.24) is 20.2 Å². The Hall–Kier alpha value is -3.07. The number of aromatic nitrogens is 4. The van der Waals surface area contributed by atoms with E-state index in [2.05, 4.69) is 39.6 Å². The van der Waals surface area contributed by atoms with Crippen LogP contribution in [0.3, 0.4) is 0 Å². The van der Waals surface area contributed by atoms with Crippen molar-refractivity contribution in [2.24, 2.45) is 0 Å². The number of hydrogen-bond donors (Lipinski definition) is 3. The summed E-state index contributed by atoms with van der Waals surface area (Å²) in [5.74, 6) is 2.30. The summed E-state index contributed by atoms with van der Waals surface area (Å²) in [5.41, 5.74) is 2.67. The number of benzene rings is 1. The number of carbonyl (C=O) groups is 1. The highest BCUT2D eigenvalue weighted by Gasteiger charge is 2.17. The molecule has 0 aliphatic rings. The molecule has 3 rings (SSSR count). The summed E-state index contributed by atoms with van der Waals surface area (Å²) in [4.78, 5) is 23.2. The lowest BCUT2D eigenvalue weighted by Gasteiger charge is -2.25. The summed E-state index contributed by atoms with van der Waals surface area (Å²) in [6, 6.07) is 9.76. The first-order valence-corrected chi connectivity index (χ1v) is 10.1. The molecule has 0 atom stereocenters. The molecule has 0 unspecified atom stereocenters. The lowest BCUT2D eigenvalue weighted by molar-refractivity contribution is -0.105. The Morgan fingerprint density at radius 3 is 2.48 bits per heavy atom. The van der Waals surface area contributed by atoms with Gasteiger partial charge in [0.2, 0.25) is 6.41 Å². The van der Waals surface area contributed by atoms with Gasteiger partial charge in [0, 0.05) is 41.0 Å². The monoisotopic (exact) mass is 411 g/mol. The zero-order valence-corrected chi connectivity index (χ0v) is 18.0. The van der Waals surface area contributed by atoms with Crippen LogP contribution in [0.25, 0.3) is 0 Å². The highest BCUT2D eigenvalue weighted by atomic mass is 32.2. The van der Waals surface area contributed by atoms with E-state index < -0.39 is 0 Å². The SMILES string of the molecule is Cc1cc(Nc2nc(Sc3ccc(NC=O)cc3)nc(N(C)C(C)C)c2C)n[nH]1. The van der Waals surface area contributed by atoms with Crippen LogP contribution in [-0.2, 0) is 4.79 Å². The first-order valence-electron chi connectivity index (χ1n) is 9.26. The molecular weight excluding hydrogens is 386 g/mol. The Morgan fingerprint density at radius 1 is 1.17 bits per heavy atom. The van der Waals surface area contributed by atoms with Gasteiger partial charge in [-0.05, 0) is 63.7 Å². The molecular formula is C20H25N7OS. The van der Waals surface area contributed by atoms with E-state index in [4.69, 9.17) is 9.97 Å². The van der Waals surface area contributed by atoms with Crippen LogP contribution in [-0.4, -0.2) is 39.7 Å². The second kappa shape index (κ2) is 8.95. The minimum absolute atomic E-state index is 0.288. The van der Waals surface area contributed by atoms with Crippen molar-refractivity contribution in [2.75, 3.05) is 22.6 Å². The number of anilines is 4. The van der Waals surface area contributed by atoms with Gasteiger partial charge >= 0.3 is 0 Å². The van der Waals surface area contributed by atoms with Crippen molar-refractivity contribution in [3.8, 4) is 0 Å². The Morgan fingerprint density at radius 2 is 1.90 bits per heavy atom. The van der Waals surface area contributed by atoms with Crippen LogP contribution in [0.5, 0.6) is 0 Å². The number of nitrogens with one attached hydrogen (secondary N) is 3. The lowest BCUT2D eigenvalue weighted by atomic mass is 10.2. The fourth-order valence-corrected chi connectivity index (χ4v) is 3.39. The first kappa shape index (κ1) is 20.7. The average Bonchev–Trinajstić information content (AvgIpc) is 3.10. The largest absolute Gasteiger partial charge is 0.357 e. The van der Waals surface area contributed by atoms with E-state index >= 15 is 0 Å². The van der Waals surface area contributed by atoms with E-state index in [1.807, 2.05) is 51.2 Å². The van der Waals surface area contributed by atoms with Crippen LogP contribution in [0.4, 0.5) is 23.1 Å². The standard InChI is InChI=1S/C20H25N7OS/c1-12(2)27(5)19-14(4)18(22-17-10-13(3)25-26-17)23-20(24-19)29-16-8-6-15(7-9-16)21-11-28/h6-12H,1-5H3,(H,21,28)(H2,22,23,24,25,26). The van der Waals surface area contributed by atoms with Gasteiger partial charge in [-0.15, -0.1) is 0 Å². The Labute approximate surface area is 174 Å². The third kappa shape index (κ3) is 5.05. The summed E-state index contributed by atoms with van der Waals surface area (Å²) >= 11 is 1.46. The number of aryl methyl sites for hydroxylation is 1. The van der Waals surface area contributed by atoms with Crippen LogP contribution < -0.4 is 15.5 Å². The van der Waals surface area contributed by atoms with Crippen LogP contribution in [0.15, 0.2) is 40.4 Å². The van der Waals surface area contributed by atoms with E-state index in [0.717, 1.165) is 33.5 Å². The molecule has 0 bridgehead atoms. The molecule has 2 heterocycles. The Kier molecular flexibility index (Phi) is 6.38. The van der Waals surface area contributed by atoms with Gasteiger partial charge in [-0.3, -0.25) is 9.89 Å². The van der Waals surface area contributed by atoms with Gasteiger partial charge in [-0.2, -0.15) is 5.10 Å². The summed E-state index contributed by atoms with van der Waals surface area (Å²) in [7, 11) is 2.02. The van der Waals surface area contributed by atoms with Crippen LogP contribution in [0.2, 0.25) is 0 Å². The number of rotatable bonds is 8. The van der Waals surface area contributed by atoms with Gasteiger partial charge in [0.1, 0.15) is 11.6 Å². The van der Waals surface area contributed by atoms with Crippen LogP contribution >= 0.6 is 11.8 Å². The maximum Gasteiger partial charge on any atom is 0.211 e. The molecule has 0 aliphatic heterocycles. The highest BCUT2D eigenvalue weighted by Crippen LogP contribution is 2.32. The average molecular weight is 412 g/mol. The molecule has 8 nitrogen and oxygen atoms in total. The quantitative estimate of drug-likeness (QED) is 0.379. The normalized spacial score (nSPS) is 10.8. The van der Waals surface area contributed by atoms with Crippen molar-refractivity contribution in [3.63, 3.8) is 0 Å². The van der Waals surface area contributed by atoms with Gasteiger partial charge in [-0.25, -0.2) is 9.97 Å². The molecule has 1 aromatic carbocycles.